The Bertz CT molecular complexity index is 579. The lowest BCUT2D eigenvalue weighted by molar-refractivity contribution is 0.127. The molecule has 0 spiro atoms. The summed E-state index contributed by atoms with van der Waals surface area (Å²) in [5, 5.41) is 3.17. The van der Waals surface area contributed by atoms with Crippen molar-refractivity contribution >= 4 is 6.03 Å². The molecule has 5 heteroatoms. The monoisotopic (exact) mass is 342 g/mol. The molecule has 3 rings (SSSR count). The summed E-state index contributed by atoms with van der Waals surface area (Å²) in [6.45, 7) is 3.42. The molecule has 0 atom stereocenters. The van der Waals surface area contributed by atoms with Gasteiger partial charge < -0.3 is 15.1 Å². The number of hydrogen-bond acceptors (Lipinski definition) is 3. The molecule has 1 saturated heterocycles. The quantitative estimate of drug-likeness (QED) is 0.836. The molecule has 2 aliphatic rings. The van der Waals surface area contributed by atoms with Crippen LogP contribution in [0.1, 0.15) is 44.1 Å². The van der Waals surface area contributed by atoms with E-state index in [1.807, 2.05) is 23.2 Å². The van der Waals surface area contributed by atoms with E-state index in [2.05, 4.69) is 28.3 Å². The van der Waals surface area contributed by atoms with E-state index in [9.17, 15) is 4.79 Å². The van der Waals surface area contributed by atoms with Crippen LogP contribution in [0.15, 0.2) is 36.2 Å². The lowest BCUT2D eigenvalue weighted by atomic mass is 10.00. The van der Waals surface area contributed by atoms with Crippen LogP contribution in [0.2, 0.25) is 0 Å². The van der Waals surface area contributed by atoms with Crippen molar-refractivity contribution in [1.82, 2.24) is 20.1 Å². The van der Waals surface area contributed by atoms with Crippen LogP contribution in [0.3, 0.4) is 0 Å². The highest BCUT2D eigenvalue weighted by molar-refractivity contribution is 5.75. The van der Waals surface area contributed by atoms with Crippen LogP contribution < -0.4 is 5.32 Å². The summed E-state index contributed by atoms with van der Waals surface area (Å²) in [6.07, 6.45) is 12.8. The number of likely N-dealkylation sites (tertiary alicyclic amines) is 1. The minimum Gasteiger partial charge on any atom is -0.334 e. The van der Waals surface area contributed by atoms with Gasteiger partial charge in [-0.1, -0.05) is 17.7 Å². The molecule has 0 radical (unpaired) electrons. The molecule has 1 aliphatic carbocycles. The standard InChI is InChI=1S/C20H30N4O/c1-23-12-9-19(10-13-23)24(16-18-8-5-11-21-14-18)20(25)22-15-17-6-3-2-4-7-17/h5-6,8,11,14,19H,2-4,7,9-10,12-13,15-16H2,1H3,(H,22,25). The highest BCUT2D eigenvalue weighted by atomic mass is 16.2. The topological polar surface area (TPSA) is 48.5 Å². The van der Waals surface area contributed by atoms with E-state index >= 15 is 0 Å². The summed E-state index contributed by atoms with van der Waals surface area (Å²) in [5.74, 6) is 0. The number of aromatic nitrogens is 1. The minimum atomic E-state index is 0.0601. The van der Waals surface area contributed by atoms with E-state index in [1.165, 1.54) is 18.4 Å². The molecule has 0 saturated carbocycles. The number of carbonyl (C=O) groups is 1. The third-order valence-corrected chi connectivity index (χ3v) is 5.32. The molecule has 2 heterocycles. The maximum absolute atomic E-state index is 12.9. The Kier molecular flexibility index (Phi) is 6.45. The van der Waals surface area contributed by atoms with Gasteiger partial charge in [-0.05, 0) is 70.3 Å². The second kappa shape index (κ2) is 8.99. The molecular weight excluding hydrogens is 312 g/mol. The summed E-state index contributed by atoms with van der Waals surface area (Å²) < 4.78 is 0. The van der Waals surface area contributed by atoms with Crippen LogP contribution in [0, 0.1) is 0 Å². The fourth-order valence-electron chi connectivity index (χ4n) is 3.72. The van der Waals surface area contributed by atoms with Crippen LogP contribution in [-0.4, -0.2) is 53.5 Å². The number of piperidine rings is 1. The first-order valence-corrected chi connectivity index (χ1v) is 9.52. The van der Waals surface area contributed by atoms with Gasteiger partial charge in [-0.2, -0.15) is 0 Å². The first-order chi connectivity index (χ1) is 12.2. The number of rotatable bonds is 5. The molecule has 0 bridgehead atoms. The van der Waals surface area contributed by atoms with Crippen molar-refractivity contribution in [2.45, 2.75) is 51.1 Å². The van der Waals surface area contributed by atoms with Gasteiger partial charge in [0.1, 0.15) is 0 Å². The van der Waals surface area contributed by atoms with Gasteiger partial charge >= 0.3 is 6.03 Å². The minimum absolute atomic E-state index is 0.0601. The number of nitrogens with zero attached hydrogens (tertiary/aromatic N) is 3. The number of urea groups is 1. The van der Waals surface area contributed by atoms with Crippen molar-refractivity contribution < 1.29 is 4.79 Å². The zero-order valence-corrected chi connectivity index (χ0v) is 15.3. The van der Waals surface area contributed by atoms with Gasteiger partial charge in [-0.15, -0.1) is 0 Å². The van der Waals surface area contributed by atoms with E-state index in [-0.39, 0.29) is 6.03 Å². The zero-order valence-electron chi connectivity index (χ0n) is 15.3. The molecule has 1 aromatic heterocycles. The van der Waals surface area contributed by atoms with Crippen molar-refractivity contribution in [2.75, 3.05) is 26.7 Å². The number of amides is 2. The molecule has 1 fully saturated rings. The van der Waals surface area contributed by atoms with E-state index in [0.717, 1.165) is 44.3 Å². The third-order valence-electron chi connectivity index (χ3n) is 5.32. The third kappa shape index (κ3) is 5.30. The largest absolute Gasteiger partial charge is 0.334 e. The van der Waals surface area contributed by atoms with Crippen LogP contribution in [0.4, 0.5) is 4.79 Å². The average molecular weight is 342 g/mol. The van der Waals surface area contributed by atoms with Crippen molar-refractivity contribution in [3.8, 4) is 0 Å². The highest BCUT2D eigenvalue weighted by Gasteiger charge is 2.27. The maximum Gasteiger partial charge on any atom is 0.318 e. The van der Waals surface area contributed by atoms with Crippen LogP contribution >= 0.6 is 0 Å². The second-order valence-electron chi connectivity index (χ2n) is 7.29. The Morgan fingerprint density at radius 2 is 2.20 bits per heavy atom. The van der Waals surface area contributed by atoms with E-state index in [1.54, 1.807) is 6.20 Å². The van der Waals surface area contributed by atoms with Gasteiger partial charge in [0.05, 0.1) is 0 Å². The van der Waals surface area contributed by atoms with E-state index in [0.29, 0.717) is 19.1 Å². The molecule has 136 valence electrons. The molecule has 1 aromatic rings. The van der Waals surface area contributed by atoms with Crippen molar-refractivity contribution in [3.05, 3.63) is 41.7 Å². The summed E-state index contributed by atoms with van der Waals surface area (Å²) in [6, 6.07) is 4.35. The fourth-order valence-corrected chi connectivity index (χ4v) is 3.72. The van der Waals surface area contributed by atoms with Gasteiger partial charge in [-0.25, -0.2) is 4.79 Å². The van der Waals surface area contributed by atoms with Gasteiger partial charge in [-0.3, -0.25) is 4.98 Å². The smallest absolute Gasteiger partial charge is 0.318 e. The fraction of sp³-hybridized carbons (Fsp3) is 0.600. The molecule has 5 nitrogen and oxygen atoms in total. The van der Waals surface area contributed by atoms with Gasteiger partial charge in [0, 0.05) is 31.5 Å². The van der Waals surface area contributed by atoms with Gasteiger partial charge in [0.15, 0.2) is 0 Å². The van der Waals surface area contributed by atoms with Crippen molar-refractivity contribution in [2.24, 2.45) is 0 Å². The summed E-state index contributed by atoms with van der Waals surface area (Å²) in [5.41, 5.74) is 2.47. The Morgan fingerprint density at radius 1 is 1.36 bits per heavy atom. The molecule has 2 amide bonds. The second-order valence-corrected chi connectivity index (χ2v) is 7.29. The Labute approximate surface area is 151 Å². The first kappa shape index (κ1) is 17.9. The molecule has 1 N–H and O–H groups in total. The summed E-state index contributed by atoms with van der Waals surface area (Å²) in [4.78, 5) is 21.5. The lowest BCUT2D eigenvalue weighted by Crippen LogP contribution is -2.50. The first-order valence-electron chi connectivity index (χ1n) is 9.52. The molecule has 0 aromatic carbocycles. The lowest BCUT2D eigenvalue weighted by Gasteiger charge is -2.37. The number of allylic oxidation sites excluding steroid dienone is 1. The predicted molar refractivity (Wildman–Crippen MR) is 100 cm³/mol. The van der Waals surface area contributed by atoms with Gasteiger partial charge in [0.2, 0.25) is 0 Å². The molecule has 0 unspecified atom stereocenters. The zero-order chi connectivity index (χ0) is 17.5. The Hall–Kier alpha value is -1.88. The Morgan fingerprint density at radius 3 is 2.88 bits per heavy atom. The maximum atomic E-state index is 12.9. The number of carbonyl (C=O) groups excluding carboxylic acids is 1. The molecule has 1 aliphatic heterocycles. The molecule has 25 heavy (non-hydrogen) atoms. The summed E-state index contributed by atoms with van der Waals surface area (Å²) >= 11 is 0. The number of nitrogens with one attached hydrogen (secondary N) is 1. The predicted octanol–water partition coefficient (Wildman–Crippen LogP) is 3.19. The van der Waals surface area contributed by atoms with Crippen LogP contribution in [0.25, 0.3) is 0 Å². The van der Waals surface area contributed by atoms with Crippen LogP contribution in [-0.2, 0) is 6.54 Å². The van der Waals surface area contributed by atoms with Gasteiger partial charge in [0.25, 0.3) is 0 Å². The normalized spacial score (nSPS) is 19.3. The molecular formula is C20H30N4O. The van der Waals surface area contributed by atoms with E-state index in [4.69, 9.17) is 0 Å². The summed E-state index contributed by atoms with van der Waals surface area (Å²) in [7, 11) is 2.15. The van der Waals surface area contributed by atoms with Crippen molar-refractivity contribution in [1.29, 1.82) is 0 Å². The number of pyridine rings is 1. The van der Waals surface area contributed by atoms with E-state index < -0.39 is 0 Å². The number of hydrogen-bond donors (Lipinski definition) is 1. The Balaban J connectivity index is 1.64. The van der Waals surface area contributed by atoms with Crippen LogP contribution in [0.5, 0.6) is 0 Å². The SMILES string of the molecule is CN1CCC(N(Cc2cccnc2)C(=O)NCC2=CCCCC2)CC1. The highest BCUT2D eigenvalue weighted by Crippen LogP contribution is 2.19. The van der Waals surface area contributed by atoms with Crippen molar-refractivity contribution in [3.63, 3.8) is 0 Å². The average Bonchev–Trinajstić information content (AvgIpc) is 2.67.